The summed E-state index contributed by atoms with van der Waals surface area (Å²) in [7, 11) is 1.56. The van der Waals surface area contributed by atoms with Gasteiger partial charge >= 0.3 is 56.5 Å². The van der Waals surface area contributed by atoms with Crippen LogP contribution in [0.25, 0.3) is 0 Å². The molecule has 0 amide bonds. The molecule has 0 aromatic carbocycles. The Morgan fingerprint density at radius 3 is 1.86 bits per heavy atom. The summed E-state index contributed by atoms with van der Waals surface area (Å²) in [6.45, 7) is 0. The Hall–Kier alpha value is 1.23. The summed E-state index contributed by atoms with van der Waals surface area (Å²) in [4.78, 5) is 9.04. The van der Waals surface area contributed by atoms with E-state index in [0.717, 1.165) is 0 Å². The second-order valence-corrected chi connectivity index (χ2v) is 0.554. The molecule has 40 valence electrons. The van der Waals surface area contributed by atoms with Crippen LogP contribution in [-0.2, 0) is 4.62 Å². The van der Waals surface area contributed by atoms with Gasteiger partial charge in [0.1, 0.15) is 4.91 Å². The molecule has 0 saturated heterocycles. The SMILES string of the molecule is N.O=[N+](O)OP.[KH]. The number of hydrogen-bond donors (Lipinski definition) is 2. The molecule has 0 heterocycles. The Morgan fingerprint density at radius 2 is 1.86 bits per heavy atom. The van der Waals surface area contributed by atoms with Gasteiger partial charge in [-0.3, -0.25) is 0 Å². The first kappa shape index (κ1) is 15.7. The third-order valence-electron chi connectivity index (χ3n) is 0.0902. The minimum absolute atomic E-state index is 0. The van der Waals surface area contributed by atoms with Crippen molar-refractivity contribution in [2.45, 2.75) is 0 Å². The third-order valence-corrected chi connectivity index (χ3v) is 0.271. The summed E-state index contributed by atoms with van der Waals surface area (Å²) < 4.78 is 3.50. The van der Waals surface area contributed by atoms with Crippen LogP contribution in [-0.4, -0.2) is 61.7 Å². The van der Waals surface area contributed by atoms with Crippen molar-refractivity contribution in [2.75, 3.05) is 0 Å². The molecule has 0 aliphatic carbocycles. The molecule has 5 nitrogen and oxygen atoms in total. The zero-order valence-electron chi connectivity index (χ0n) is 3.00. The summed E-state index contributed by atoms with van der Waals surface area (Å²) in [6.07, 6.45) is 0. The topological polar surface area (TPSA) is 84.5 Å². The molecule has 0 saturated carbocycles. The predicted molar refractivity (Wildman–Crippen MR) is 28.4 cm³/mol. The van der Waals surface area contributed by atoms with Crippen LogP contribution in [0.2, 0.25) is 0 Å². The van der Waals surface area contributed by atoms with E-state index in [4.69, 9.17) is 10.1 Å². The van der Waals surface area contributed by atoms with Crippen molar-refractivity contribution >= 4 is 60.9 Å². The Kier molecular flexibility index (Phi) is 23.0. The summed E-state index contributed by atoms with van der Waals surface area (Å²) in [6, 6.07) is 0. The number of hydrogen-bond acceptors (Lipinski definition) is 3. The van der Waals surface area contributed by atoms with Crippen LogP contribution in [0.4, 0.5) is 0 Å². The summed E-state index contributed by atoms with van der Waals surface area (Å²) in [5, 5.41) is 6.73. The first-order chi connectivity index (χ1) is 2.27. The van der Waals surface area contributed by atoms with Crippen LogP contribution in [0.3, 0.4) is 0 Å². The van der Waals surface area contributed by atoms with Crippen LogP contribution in [0, 0.1) is 4.91 Å². The summed E-state index contributed by atoms with van der Waals surface area (Å²) >= 11 is 0. The summed E-state index contributed by atoms with van der Waals surface area (Å²) in [5.74, 6) is 0. The van der Waals surface area contributed by atoms with Crippen molar-refractivity contribution in [3.8, 4) is 0 Å². The van der Waals surface area contributed by atoms with Crippen LogP contribution in [0.5, 0.6) is 0 Å². The monoisotopic (exact) mass is 153 g/mol. The second kappa shape index (κ2) is 10.3. The zero-order valence-corrected chi connectivity index (χ0v) is 4.15. The van der Waals surface area contributed by atoms with Crippen LogP contribution < -0.4 is 6.15 Å². The van der Waals surface area contributed by atoms with Crippen molar-refractivity contribution in [2.24, 2.45) is 0 Å². The molecule has 0 aromatic heterocycles. The fourth-order valence-corrected chi connectivity index (χ4v) is 0. The molecule has 0 aromatic rings. The van der Waals surface area contributed by atoms with Gasteiger partial charge in [-0.15, -0.1) is 0 Å². The average Bonchev–Trinajstić information content (AvgIpc) is 1.38. The van der Waals surface area contributed by atoms with E-state index in [1.807, 2.05) is 0 Å². The zero-order chi connectivity index (χ0) is 4.28. The van der Waals surface area contributed by atoms with E-state index >= 15 is 0 Å². The standard InChI is InChI=1S/K.H3NO3P.H3N.H/c;2-1(3)4-5;;/h;5H2,(H,2,3);1H3;/q;+1;;. The molecule has 0 radical (unpaired) electrons. The quantitative estimate of drug-likeness (QED) is 0.299. The van der Waals surface area contributed by atoms with E-state index in [0.29, 0.717) is 0 Å². The van der Waals surface area contributed by atoms with E-state index in [1.165, 1.54) is 0 Å². The van der Waals surface area contributed by atoms with Gasteiger partial charge in [-0.05, 0) is 0 Å². The second-order valence-electron chi connectivity index (χ2n) is 0.343. The maximum absolute atomic E-state index is 9.04. The van der Waals surface area contributed by atoms with Gasteiger partial charge in [-0.25, -0.2) is 5.21 Å². The first-order valence-corrected chi connectivity index (χ1v) is 1.27. The third kappa shape index (κ3) is 19.0. The first-order valence-electron chi connectivity index (χ1n) is 0.801. The normalized spacial score (nSPS) is 4.71. The molecule has 1 atom stereocenters. The molecule has 0 spiro atoms. The van der Waals surface area contributed by atoms with Gasteiger partial charge in [-0.1, -0.05) is 0 Å². The molecule has 0 aliphatic rings. The molecular weight excluding hydrogens is 146 g/mol. The van der Waals surface area contributed by atoms with Gasteiger partial charge in [0.25, 0.3) is 0 Å². The molecule has 4 N–H and O–H groups in total. The van der Waals surface area contributed by atoms with E-state index in [2.05, 4.69) is 4.62 Å². The Morgan fingerprint density at radius 1 is 1.71 bits per heavy atom. The minimum atomic E-state index is -0.662. The molecule has 0 fully saturated rings. The van der Waals surface area contributed by atoms with Gasteiger partial charge in [0, 0.05) is 0 Å². The fraction of sp³-hybridized carbons (Fsp3) is 0. The number of nitrogens with zero attached hydrogens (tertiary/aromatic N) is 1. The van der Waals surface area contributed by atoms with Crippen LogP contribution in [0.15, 0.2) is 0 Å². The Balaban J connectivity index is -0.0000000800. The fourth-order valence-electron chi connectivity index (χ4n) is 0. The van der Waals surface area contributed by atoms with E-state index < -0.39 is 5.09 Å². The molecule has 1 unspecified atom stereocenters. The summed E-state index contributed by atoms with van der Waals surface area (Å²) in [5.41, 5.74) is 0. The molecular formula is H7KN2O3P+. The van der Waals surface area contributed by atoms with E-state index in [1.54, 1.807) is 9.47 Å². The molecule has 7 heavy (non-hydrogen) atoms. The van der Waals surface area contributed by atoms with E-state index in [-0.39, 0.29) is 57.5 Å². The number of rotatable bonds is 1. The van der Waals surface area contributed by atoms with Gasteiger partial charge < -0.3 is 6.15 Å². The van der Waals surface area contributed by atoms with Crippen molar-refractivity contribution < 1.29 is 14.9 Å². The van der Waals surface area contributed by atoms with Crippen molar-refractivity contribution in [3.05, 3.63) is 4.91 Å². The molecule has 0 aliphatic heterocycles. The van der Waals surface area contributed by atoms with Gasteiger partial charge in [-0.2, -0.15) is 4.62 Å². The average molecular weight is 153 g/mol. The molecule has 0 bridgehead atoms. The van der Waals surface area contributed by atoms with Gasteiger partial charge in [0.15, 0.2) is 9.47 Å². The van der Waals surface area contributed by atoms with E-state index in [9.17, 15) is 0 Å². The van der Waals surface area contributed by atoms with Crippen molar-refractivity contribution in [1.82, 2.24) is 6.15 Å². The maximum atomic E-state index is 9.04. The van der Waals surface area contributed by atoms with Crippen molar-refractivity contribution in [1.29, 1.82) is 0 Å². The van der Waals surface area contributed by atoms with Crippen LogP contribution >= 0.6 is 9.47 Å². The Bertz CT molecular complexity index is 48.2. The molecule has 7 heteroatoms. The molecule has 0 rings (SSSR count). The van der Waals surface area contributed by atoms with Gasteiger partial charge in [0.05, 0.1) is 0 Å². The van der Waals surface area contributed by atoms with Gasteiger partial charge in [0.2, 0.25) is 0 Å². The van der Waals surface area contributed by atoms with Crippen molar-refractivity contribution in [3.63, 3.8) is 0 Å². The predicted octanol–water partition coefficient (Wildman–Crippen LogP) is -0.610. The van der Waals surface area contributed by atoms with Crippen LogP contribution in [0.1, 0.15) is 0 Å². The Labute approximate surface area is 85.6 Å².